The molecule has 0 radical (unpaired) electrons. The molecular weight excluding hydrogens is 239 g/mol. The van der Waals surface area contributed by atoms with Crippen LogP contribution in [0.15, 0.2) is 24.4 Å². The van der Waals surface area contributed by atoms with Crippen molar-refractivity contribution in [2.45, 2.75) is 0 Å². The van der Waals surface area contributed by atoms with Crippen molar-refractivity contribution in [2.24, 2.45) is 0 Å². The molecule has 1 aromatic heterocycles. The molecule has 6 heteroatoms. The average Bonchev–Trinajstić information content (AvgIpc) is 2.69. The molecule has 0 amide bonds. The van der Waals surface area contributed by atoms with E-state index in [1.807, 2.05) is 0 Å². The van der Waals surface area contributed by atoms with Crippen molar-refractivity contribution < 1.29 is 9.18 Å². The topological polar surface area (TPSA) is 42.9 Å². The summed E-state index contributed by atoms with van der Waals surface area (Å²) in [4.78, 5) is 12.0. The third kappa shape index (κ3) is 2.03. The summed E-state index contributed by atoms with van der Waals surface area (Å²) in [5.74, 6) is -1.07. The molecule has 1 heterocycles. The standard InChI is InChI=1S/C9H4ClFN2OS/c10-5-1-2-6(7(11)3-5)9(14)8-4-12-13-15-8/h1-4H. The van der Waals surface area contributed by atoms with Crippen LogP contribution < -0.4 is 0 Å². The normalized spacial score (nSPS) is 10.3. The first-order valence-electron chi connectivity index (χ1n) is 3.95. The summed E-state index contributed by atoms with van der Waals surface area (Å²) in [6.45, 7) is 0. The van der Waals surface area contributed by atoms with E-state index in [4.69, 9.17) is 11.6 Å². The van der Waals surface area contributed by atoms with Gasteiger partial charge in [0, 0.05) is 5.02 Å². The summed E-state index contributed by atoms with van der Waals surface area (Å²) >= 11 is 6.50. The molecule has 0 bridgehead atoms. The summed E-state index contributed by atoms with van der Waals surface area (Å²) in [5.41, 5.74) is -0.0227. The summed E-state index contributed by atoms with van der Waals surface area (Å²) in [5, 5.41) is 3.77. The van der Waals surface area contributed by atoms with Crippen molar-refractivity contribution >= 4 is 28.9 Å². The van der Waals surface area contributed by atoms with Crippen LogP contribution in [-0.2, 0) is 0 Å². The Bertz CT molecular complexity index is 501. The van der Waals surface area contributed by atoms with Gasteiger partial charge in [-0.05, 0) is 29.7 Å². The molecule has 3 nitrogen and oxygen atoms in total. The third-order valence-corrected chi connectivity index (χ3v) is 2.66. The van der Waals surface area contributed by atoms with Gasteiger partial charge >= 0.3 is 0 Å². The Morgan fingerprint density at radius 1 is 1.47 bits per heavy atom. The van der Waals surface area contributed by atoms with E-state index in [0.29, 0.717) is 4.88 Å². The molecular formula is C9H4ClFN2OS. The van der Waals surface area contributed by atoms with E-state index in [2.05, 4.69) is 9.59 Å². The fraction of sp³-hybridized carbons (Fsp3) is 0. The number of carbonyl (C=O) groups excluding carboxylic acids is 1. The first kappa shape index (κ1) is 10.2. The van der Waals surface area contributed by atoms with Gasteiger partial charge < -0.3 is 0 Å². The molecule has 0 saturated carbocycles. The maximum absolute atomic E-state index is 13.4. The highest BCUT2D eigenvalue weighted by atomic mass is 35.5. The first-order chi connectivity index (χ1) is 7.18. The third-order valence-electron chi connectivity index (χ3n) is 1.76. The molecule has 2 rings (SSSR count). The molecule has 0 unspecified atom stereocenters. The lowest BCUT2D eigenvalue weighted by molar-refractivity contribution is 0.103. The molecule has 76 valence electrons. The molecule has 0 aliphatic carbocycles. The number of halogens is 2. The predicted molar refractivity (Wildman–Crippen MR) is 54.8 cm³/mol. The van der Waals surface area contributed by atoms with E-state index in [9.17, 15) is 9.18 Å². The molecule has 0 aliphatic rings. The number of hydrogen-bond donors (Lipinski definition) is 0. The number of benzene rings is 1. The lowest BCUT2D eigenvalue weighted by Crippen LogP contribution is -2.01. The maximum Gasteiger partial charge on any atom is 0.209 e. The minimum absolute atomic E-state index is 0.0227. The van der Waals surface area contributed by atoms with Crippen LogP contribution in [0.3, 0.4) is 0 Å². The highest BCUT2D eigenvalue weighted by molar-refractivity contribution is 7.08. The Balaban J connectivity index is 2.42. The van der Waals surface area contributed by atoms with Gasteiger partial charge in [-0.2, -0.15) is 0 Å². The molecule has 1 aromatic carbocycles. The largest absolute Gasteiger partial charge is 0.287 e. The van der Waals surface area contributed by atoms with E-state index >= 15 is 0 Å². The summed E-state index contributed by atoms with van der Waals surface area (Å²) in [7, 11) is 0. The second-order valence-corrected chi connectivity index (χ2v) is 3.96. The fourth-order valence-corrected chi connectivity index (χ4v) is 1.70. The minimum Gasteiger partial charge on any atom is -0.287 e. The molecule has 0 aliphatic heterocycles. The maximum atomic E-state index is 13.4. The SMILES string of the molecule is O=C(c1cnns1)c1ccc(Cl)cc1F. The van der Waals surface area contributed by atoms with Gasteiger partial charge in [0.2, 0.25) is 5.78 Å². The van der Waals surface area contributed by atoms with Crippen molar-refractivity contribution in [3.63, 3.8) is 0 Å². The second-order valence-electron chi connectivity index (χ2n) is 2.74. The first-order valence-corrected chi connectivity index (χ1v) is 5.11. The van der Waals surface area contributed by atoms with Crippen LogP contribution in [0.4, 0.5) is 4.39 Å². The van der Waals surface area contributed by atoms with Crippen molar-refractivity contribution in [1.29, 1.82) is 0 Å². The van der Waals surface area contributed by atoms with E-state index in [1.54, 1.807) is 0 Å². The van der Waals surface area contributed by atoms with Crippen LogP contribution in [0.2, 0.25) is 5.02 Å². The van der Waals surface area contributed by atoms with Crippen LogP contribution in [0, 0.1) is 5.82 Å². The predicted octanol–water partition coefficient (Wildman–Crippen LogP) is 2.56. The molecule has 0 fully saturated rings. The van der Waals surface area contributed by atoms with Gasteiger partial charge in [-0.25, -0.2) is 4.39 Å². The van der Waals surface area contributed by atoms with Crippen LogP contribution in [0.25, 0.3) is 0 Å². The molecule has 15 heavy (non-hydrogen) atoms. The van der Waals surface area contributed by atoms with Gasteiger partial charge in [0.05, 0.1) is 11.8 Å². The van der Waals surface area contributed by atoms with Gasteiger partial charge in [0.1, 0.15) is 10.7 Å². The summed E-state index contributed by atoms with van der Waals surface area (Å²) in [6, 6.07) is 3.91. The van der Waals surface area contributed by atoms with E-state index in [-0.39, 0.29) is 10.6 Å². The van der Waals surface area contributed by atoms with E-state index < -0.39 is 11.6 Å². The summed E-state index contributed by atoms with van der Waals surface area (Å²) < 4.78 is 16.9. The number of hydrogen-bond acceptors (Lipinski definition) is 4. The zero-order valence-electron chi connectivity index (χ0n) is 7.28. The van der Waals surface area contributed by atoms with E-state index in [1.165, 1.54) is 18.3 Å². The quantitative estimate of drug-likeness (QED) is 0.760. The number of nitrogens with zero attached hydrogens (tertiary/aromatic N) is 2. The smallest absolute Gasteiger partial charge is 0.209 e. The monoisotopic (exact) mass is 242 g/mol. The lowest BCUT2D eigenvalue weighted by atomic mass is 10.1. The van der Waals surface area contributed by atoms with Crippen molar-refractivity contribution in [3.8, 4) is 0 Å². The Morgan fingerprint density at radius 2 is 2.27 bits per heavy atom. The van der Waals surface area contributed by atoms with E-state index in [0.717, 1.165) is 17.6 Å². The van der Waals surface area contributed by atoms with Crippen molar-refractivity contribution in [1.82, 2.24) is 9.59 Å². The van der Waals surface area contributed by atoms with Crippen molar-refractivity contribution in [3.05, 3.63) is 45.7 Å². The van der Waals surface area contributed by atoms with Crippen LogP contribution in [-0.4, -0.2) is 15.4 Å². The molecule has 0 N–H and O–H groups in total. The van der Waals surface area contributed by atoms with Gasteiger partial charge in [0.15, 0.2) is 0 Å². The molecule has 2 aromatic rings. The number of rotatable bonds is 2. The minimum atomic E-state index is -0.638. The van der Waals surface area contributed by atoms with Gasteiger partial charge in [0.25, 0.3) is 0 Å². The molecule has 0 spiro atoms. The van der Waals surface area contributed by atoms with Gasteiger partial charge in [-0.1, -0.05) is 16.1 Å². The molecule has 0 atom stereocenters. The van der Waals surface area contributed by atoms with Gasteiger partial charge in [-0.3, -0.25) is 4.79 Å². The number of ketones is 1. The average molecular weight is 243 g/mol. The van der Waals surface area contributed by atoms with Crippen molar-refractivity contribution in [2.75, 3.05) is 0 Å². The summed E-state index contributed by atoms with van der Waals surface area (Å²) in [6.07, 6.45) is 1.31. The van der Waals surface area contributed by atoms with Crippen LogP contribution in [0.5, 0.6) is 0 Å². The zero-order valence-corrected chi connectivity index (χ0v) is 8.85. The Kier molecular flexibility index (Phi) is 2.75. The number of aromatic nitrogens is 2. The zero-order chi connectivity index (χ0) is 10.8. The number of carbonyl (C=O) groups is 1. The molecule has 0 saturated heterocycles. The van der Waals surface area contributed by atoms with Crippen LogP contribution >= 0.6 is 23.1 Å². The van der Waals surface area contributed by atoms with Crippen LogP contribution in [0.1, 0.15) is 15.2 Å². The Morgan fingerprint density at radius 3 is 2.87 bits per heavy atom. The highest BCUT2D eigenvalue weighted by Crippen LogP contribution is 2.18. The van der Waals surface area contributed by atoms with Gasteiger partial charge in [-0.15, -0.1) is 5.10 Å². The fourth-order valence-electron chi connectivity index (χ4n) is 1.07. The highest BCUT2D eigenvalue weighted by Gasteiger charge is 2.15. The lowest BCUT2D eigenvalue weighted by Gasteiger charge is -1.99. The second kappa shape index (κ2) is 4.04. The Hall–Kier alpha value is -1.33. The Labute approximate surface area is 93.7 Å².